The quantitative estimate of drug-likeness (QED) is 0.717. The summed E-state index contributed by atoms with van der Waals surface area (Å²) >= 11 is 0. The van der Waals surface area contributed by atoms with Gasteiger partial charge in [-0.25, -0.2) is 0 Å². The molecule has 0 amide bonds. The van der Waals surface area contributed by atoms with E-state index in [4.69, 9.17) is 4.84 Å². The Hall–Kier alpha value is -0.860. The molecular formula is C11H17NO. The van der Waals surface area contributed by atoms with Crippen LogP contribution in [-0.4, -0.2) is 7.11 Å². The van der Waals surface area contributed by atoms with Crippen molar-refractivity contribution in [2.45, 2.75) is 19.9 Å². The maximum absolute atomic E-state index is 4.97. The van der Waals surface area contributed by atoms with Crippen molar-refractivity contribution in [1.29, 1.82) is 0 Å². The number of hydroxylamine groups is 1. The molecule has 13 heavy (non-hydrogen) atoms. The lowest BCUT2D eigenvalue weighted by atomic mass is 9.97. The lowest BCUT2D eigenvalue weighted by molar-refractivity contribution is 0.0459. The van der Waals surface area contributed by atoms with Crippen molar-refractivity contribution in [3.05, 3.63) is 35.9 Å². The van der Waals surface area contributed by atoms with Gasteiger partial charge in [0.2, 0.25) is 0 Å². The average Bonchev–Trinajstić information content (AvgIpc) is 2.15. The minimum absolute atomic E-state index is 0.270. The SMILES string of the molecule is CON[C@@H](c1ccccc1)C(C)C. The highest BCUT2D eigenvalue weighted by Gasteiger charge is 2.14. The molecule has 0 saturated carbocycles. The molecule has 0 fully saturated rings. The van der Waals surface area contributed by atoms with Crippen molar-refractivity contribution >= 4 is 0 Å². The van der Waals surface area contributed by atoms with Crippen LogP contribution in [0.25, 0.3) is 0 Å². The molecule has 0 aliphatic heterocycles. The van der Waals surface area contributed by atoms with Crippen LogP contribution in [0.1, 0.15) is 25.5 Å². The van der Waals surface area contributed by atoms with E-state index in [1.54, 1.807) is 7.11 Å². The van der Waals surface area contributed by atoms with E-state index in [0.717, 1.165) is 0 Å². The largest absolute Gasteiger partial charge is 0.305 e. The van der Waals surface area contributed by atoms with Gasteiger partial charge in [-0.15, -0.1) is 0 Å². The summed E-state index contributed by atoms with van der Waals surface area (Å²) in [7, 11) is 1.65. The zero-order valence-electron chi connectivity index (χ0n) is 8.45. The zero-order valence-corrected chi connectivity index (χ0v) is 8.45. The third-order valence-electron chi connectivity index (χ3n) is 2.07. The summed E-state index contributed by atoms with van der Waals surface area (Å²) in [5.41, 5.74) is 4.26. The molecule has 0 aliphatic rings. The van der Waals surface area contributed by atoms with E-state index in [2.05, 4.69) is 31.5 Å². The van der Waals surface area contributed by atoms with Crippen LogP contribution in [0.3, 0.4) is 0 Å². The van der Waals surface area contributed by atoms with Gasteiger partial charge in [-0.3, -0.25) is 0 Å². The molecule has 1 atom stereocenters. The third kappa shape index (κ3) is 2.83. The second-order valence-electron chi connectivity index (χ2n) is 3.45. The Kier molecular flexibility index (Phi) is 3.93. The van der Waals surface area contributed by atoms with E-state index in [1.165, 1.54) is 5.56 Å². The highest BCUT2D eigenvalue weighted by Crippen LogP contribution is 2.20. The predicted octanol–water partition coefficient (Wildman–Crippen LogP) is 2.53. The molecule has 0 bridgehead atoms. The first-order chi connectivity index (χ1) is 6.25. The summed E-state index contributed by atoms with van der Waals surface area (Å²) in [6, 6.07) is 10.6. The van der Waals surface area contributed by atoms with Crippen LogP contribution < -0.4 is 5.48 Å². The molecule has 2 nitrogen and oxygen atoms in total. The highest BCUT2D eigenvalue weighted by molar-refractivity contribution is 5.18. The summed E-state index contributed by atoms with van der Waals surface area (Å²) < 4.78 is 0. The lowest BCUT2D eigenvalue weighted by Gasteiger charge is -2.21. The maximum atomic E-state index is 4.97. The third-order valence-corrected chi connectivity index (χ3v) is 2.07. The zero-order chi connectivity index (χ0) is 9.68. The molecular weight excluding hydrogens is 162 g/mol. The van der Waals surface area contributed by atoms with E-state index in [0.29, 0.717) is 5.92 Å². The summed E-state index contributed by atoms with van der Waals surface area (Å²) in [6.07, 6.45) is 0. The maximum Gasteiger partial charge on any atom is 0.0594 e. The van der Waals surface area contributed by atoms with Crippen molar-refractivity contribution in [2.75, 3.05) is 7.11 Å². The van der Waals surface area contributed by atoms with Gasteiger partial charge >= 0.3 is 0 Å². The minimum atomic E-state index is 0.270. The Morgan fingerprint density at radius 1 is 1.15 bits per heavy atom. The number of benzene rings is 1. The Balaban J connectivity index is 2.76. The summed E-state index contributed by atoms with van der Waals surface area (Å²) in [6.45, 7) is 4.34. The van der Waals surface area contributed by atoms with E-state index < -0.39 is 0 Å². The summed E-state index contributed by atoms with van der Waals surface area (Å²) in [5.74, 6) is 0.516. The summed E-state index contributed by atoms with van der Waals surface area (Å²) in [4.78, 5) is 4.97. The molecule has 0 saturated heterocycles. The van der Waals surface area contributed by atoms with Gasteiger partial charge in [0.1, 0.15) is 0 Å². The van der Waals surface area contributed by atoms with Gasteiger partial charge in [-0.1, -0.05) is 44.2 Å². The molecule has 0 spiro atoms. The van der Waals surface area contributed by atoms with Crippen molar-refractivity contribution in [3.63, 3.8) is 0 Å². The lowest BCUT2D eigenvalue weighted by Crippen LogP contribution is -2.24. The Labute approximate surface area is 79.9 Å². The molecule has 1 N–H and O–H groups in total. The number of hydrogen-bond donors (Lipinski definition) is 1. The molecule has 0 radical (unpaired) electrons. The van der Waals surface area contributed by atoms with Gasteiger partial charge < -0.3 is 4.84 Å². The monoisotopic (exact) mass is 179 g/mol. The smallest absolute Gasteiger partial charge is 0.0594 e. The first-order valence-electron chi connectivity index (χ1n) is 4.59. The average molecular weight is 179 g/mol. The summed E-state index contributed by atoms with van der Waals surface area (Å²) in [5, 5.41) is 0. The van der Waals surface area contributed by atoms with E-state index in [1.807, 2.05) is 18.2 Å². The Bertz CT molecular complexity index is 233. The molecule has 0 heterocycles. The van der Waals surface area contributed by atoms with Crippen LogP contribution in [0, 0.1) is 5.92 Å². The molecule has 1 rings (SSSR count). The van der Waals surface area contributed by atoms with E-state index >= 15 is 0 Å². The fourth-order valence-corrected chi connectivity index (χ4v) is 1.38. The Morgan fingerprint density at radius 3 is 2.23 bits per heavy atom. The van der Waals surface area contributed by atoms with Gasteiger partial charge in [0.15, 0.2) is 0 Å². The van der Waals surface area contributed by atoms with Crippen LogP contribution in [0.2, 0.25) is 0 Å². The van der Waals surface area contributed by atoms with Crippen LogP contribution in [0.5, 0.6) is 0 Å². The molecule has 1 aromatic rings. The highest BCUT2D eigenvalue weighted by atomic mass is 16.6. The van der Waals surface area contributed by atoms with Gasteiger partial charge in [-0.05, 0) is 11.5 Å². The van der Waals surface area contributed by atoms with Crippen LogP contribution in [0.15, 0.2) is 30.3 Å². The van der Waals surface area contributed by atoms with Gasteiger partial charge in [0.25, 0.3) is 0 Å². The first kappa shape index (κ1) is 10.2. The van der Waals surface area contributed by atoms with Crippen LogP contribution in [0.4, 0.5) is 0 Å². The van der Waals surface area contributed by atoms with Gasteiger partial charge in [0, 0.05) is 0 Å². The number of hydrogen-bond acceptors (Lipinski definition) is 2. The predicted molar refractivity (Wildman–Crippen MR) is 54.2 cm³/mol. The van der Waals surface area contributed by atoms with Gasteiger partial charge in [0.05, 0.1) is 13.2 Å². The van der Waals surface area contributed by atoms with Crippen molar-refractivity contribution in [3.8, 4) is 0 Å². The second kappa shape index (κ2) is 5.00. The molecule has 1 aromatic carbocycles. The van der Waals surface area contributed by atoms with Crippen molar-refractivity contribution in [2.24, 2.45) is 5.92 Å². The van der Waals surface area contributed by atoms with Crippen molar-refractivity contribution in [1.82, 2.24) is 5.48 Å². The Morgan fingerprint density at radius 2 is 1.77 bits per heavy atom. The van der Waals surface area contributed by atoms with Crippen LogP contribution >= 0.6 is 0 Å². The number of nitrogens with one attached hydrogen (secondary N) is 1. The van der Waals surface area contributed by atoms with Gasteiger partial charge in [-0.2, -0.15) is 5.48 Å². The minimum Gasteiger partial charge on any atom is -0.305 e. The molecule has 0 aromatic heterocycles. The normalized spacial score (nSPS) is 13.2. The fourth-order valence-electron chi connectivity index (χ4n) is 1.38. The number of rotatable bonds is 4. The van der Waals surface area contributed by atoms with E-state index in [-0.39, 0.29) is 6.04 Å². The van der Waals surface area contributed by atoms with E-state index in [9.17, 15) is 0 Å². The standard InChI is InChI=1S/C11H17NO/c1-9(2)11(12-13-3)10-7-5-4-6-8-10/h4-9,11-12H,1-3H3/t11-/m1/s1. The molecule has 0 aliphatic carbocycles. The molecule has 72 valence electrons. The van der Waals surface area contributed by atoms with Crippen LogP contribution in [-0.2, 0) is 4.84 Å². The molecule has 0 unspecified atom stereocenters. The fraction of sp³-hybridized carbons (Fsp3) is 0.455. The first-order valence-corrected chi connectivity index (χ1v) is 4.59. The molecule has 2 heteroatoms. The van der Waals surface area contributed by atoms with Crippen molar-refractivity contribution < 1.29 is 4.84 Å². The second-order valence-corrected chi connectivity index (χ2v) is 3.45. The topological polar surface area (TPSA) is 21.3 Å².